The smallest absolute Gasteiger partial charge is 0.203 e. The van der Waals surface area contributed by atoms with Crippen LogP contribution in [0.25, 0.3) is 0 Å². The van der Waals surface area contributed by atoms with Crippen molar-refractivity contribution in [2.45, 2.75) is 0 Å². The normalized spacial score (nSPS) is 17.0. The molecule has 4 heteroatoms. The average Bonchev–Trinajstić information content (AvgIpc) is 2.19. The third-order valence-electron chi connectivity index (χ3n) is 2.36. The summed E-state index contributed by atoms with van der Waals surface area (Å²) in [7, 11) is 0. The molecule has 1 heterocycles. The zero-order valence-corrected chi connectivity index (χ0v) is 7.90. The molecule has 0 spiro atoms. The number of hydrogen-bond acceptors (Lipinski definition) is 3. The highest BCUT2D eigenvalue weighted by Gasteiger charge is 2.17. The molecular formula is C10H13N2O2. The monoisotopic (exact) mass is 193 g/mol. The van der Waals surface area contributed by atoms with E-state index in [-0.39, 0.29) is 5.75 Å². The van der Waals surface area contributed by atoms with E-state index in [4.69, 9.17) is 10.5 Å². The standard InChI is InChI=1S/C10H13N2O2/c11-8-2-1-3-9(13)10(8)12-4-6-14-7-5-12/h1-3H,4-7,11H2. The fraction of sp³-hybridized carbons (Fsp3) is 0.400. The van der Waals surface area contributed by atoms with Crippen molar-refractivity contribution in [3.8, 4) is 5.75 Å². The molecule has 1 aliphatic heterocycles. The molecule has 2 N–H and O–H groups in total. The Morgan fingerprint density at radius 2 is 2.00 bits per heavy atom. The van der Waals surface area contributed by atoms with E-state index in [1.807, 2.05) is 4.90 Å². The molecule has 0 amide bonds. The van der Waals surface area contributed by atoms with Crippen LogP contribution in [0.4, 0.5) is 11.4 Å². The minimum absolute atomic E-state index is 0.00750. The molecule has 14 heavy (non-hydrogen) atoms. The molecule has 0 unspecified atom stereocenters. The van der Waals surface area contributed by atoms with Crippen molar-refractivity contribution in [3.05, 3.63) is 18.2 Å². The third kappa shape index (κ3) is 1.61. The van der Waals surface area contributed by atoms with E-state index in [1.54, 1.807) is 18.2 Å². The van der Waals surface area contributed by atoms with Gasteiger partial charge in [0.2, 0.25) is 5.75 Å². The number of para-hydroxylation sites is 1. The van der Waals surface area contributed by atoms with Gasteiger partial charge in [0.1, 0.15) is 5.69 Å². The van der Waals surface area contributed by atoms with Crippen LogP contribution in [0, 0.1) is 0 Å². The summed E-state index contributed by atoms with van der Waals surface area (Å²) in [6, 6.07) is 4.98. The van der Waals surface area contributed by atoms with E-state index in [0.717, 1.165) is 13.1 Å². The fourth-order valence-corrected chi connectivity index (χ4v) is 1.66. The quantitative estimate of drug-likeness (QED) is 0.683. The molecule has 0 aliphatic carbocycles. The van der Waals surface area contributed by atoms with Gasteiger partial charge in [0.25, 0.3) is 0 Å². The lowest BCUT2D eigenvalue weighted by Crippen LogP contribution is -2.36. The van der Waals surface area contributed by atoms with E-state index in [1.165, 1.54) is 0 Å². The summed E-state index contributed by atoms with van der Waals surface area (Å²) in [5.74, 6) is -0.00750. The van der Waals surface area contributed by atoms with Crippen LogP contribution in [0.15, 0.2) is 18.2 Å². The second kappa shape index (κ2) is 3.75. The lowest BCUT2D eigenvalue weighted by molar-refractivity contribution is 0.122. The largest absolute Gasteiger partial charge is 0.397 e. The zero-order valence-electron chi connectivity index (χ0n) is 7.90. The lowest BCUT2D eigenvalue weighted by Gasteiger charge is -2.29. The van der Waals surface area contributed by atoms with E-state index < -0.39 is 0 Å². The number of nitrogen functional groups attached to an aromatic ring is 1. The first-order chi connectivity index (χ1) is 6.79. The van der Waals surface area contributed by atoms with Crippen molar-refractivity contribution in [1.82, 2.24) is 0 Å². The summed E-state index contributed by atoms with van der Waals surface area (Å²) in [5, 5.41) is 11.6. The van der Waals surface area contributed by atoms with Gasteiger partial charge in [-0.05, 0) is 12.1 Å². The zero-order chi connectivity index (χ0) is 9.97. The highest BCUT2D eigenvalue weighted by Crippen LogP contribution is 2.33. The topological polar surface area (TPSA) is 58.4 Å². The van der Waals surface area contributed by atoms with Crippen LogP contribution in [0.5, 0.6) is 5.75 Å². The molecule has 1 radical (unpaired) electrons. The Morgan fingerprint density at radius 1 is 1.29 bits per heavy atom. The maximum atomic E-state index is 11.6. The maximum Gasteiger partial charge on any atom is 0.203 e. The summed E-state index contributed by atoms with van der Waals surface area (Å²) in [6.45, 7) is 2.80. The van der Waals surface area contributed by atoms with Gasteiger partial charge in [-0.3, -0.25) is 5.11 Å². The Kier molecular flexibility index (Phi) is 2.45. The number of ether oxygens (including phenoxy) is 1. The van der Waals surface area contributed by atoms with Crippen LogP contribution in [0.1, 0.15) is 0 Å². The van der Waals surface area contributed by atoms with Gasteiger partial charge in [0.15, 0.2) is 0 Å². The van der Waals surface area contributed by atoms with Crippen LogP contribution < -0.4 is 10.6 Å². The van der Waals surface area contributed by atoms with Gasteiger partial charge in [-0.15, -0.1) is 0 Å². The molecule has 0 atom stereocenters. The van der Waals surface area contributed by atoms with Gasteiger partial charge in [0, 0.05) is 13.1 Å². The predicted octanol–water partition coefficient (Wildman–Crippen LogP) is 1.25. The molecule has 75 valence electrons. The number of nitrogens with two attached hydrogens (primary N) is 1. The Bertz CT molecular complexity index is 302. The molecule has 0 saturated carbocycles. The number of rotatable bonds is 1. The Morgan fingerprint density at radius 3 is 2.64 bits per heavy atom. The minimum Gasteiger partial charge on any atom is -0.397 e. The summed E-state index contributed by atoms with van der Waals surface area (Å²) in [5.41, 5.74) is 6.95. The number of hydrogen-bond donors (Lipinski definition) is 1. The van der Waals surface area contributed by atoms with Crippen molar-refractivity contribution < 1.29 is 9.84 Å². The van der Waals surface area contributed by atoms with Gasteiger partial charge >= 0.3 is 0 Å². The second-order valence-electron chi connectivity index (χ2n) is 3.29. The molecule has 1 fully saturated rings. The number of benzene rings is 1. The molecule has 1 aromatic carbocycles. The van der Waals surface area contributed by atoms with Crippen molar-refractivity contribution in [2.24, 2.45) is 0 Å². The van der Waals surface area contributed by atoms with Crippen molar-refractivity contribution >= 4 is 11.4 Å². The van der Waals surface area contributed by atoms with Crippen molar-refractivity contribution in [1.29, 1.82) is 0 Å². The SMILES string of the molecule is Nc1cccc([O])c1N1CCOCC1. The molecular weight excluding hydrogens is 180 g/mol. The summed E-state index contributed by atoms with van der Waals surface area (Å²) in [4.78, 5) is 1.99. The minimum atomic E-state index is -0.00750. The van der Waals surface area contributed by atoms with Gasteiger partial charge in [-0.2, -0.15) is 0 Å². The van der Waals surface area contributed by atoms with Crippen LogP contribution in [0.3, 0.4) is 0 Å². The van der Waals surface area contributed by atoms with Crippen LogP contribution in [-0.2, 0) is 9.84 Å². The van der Waals surface area contributed by atoms with Crippen molar-refractivity contribution in [3.63, 3.8) is 0 Å². The van der Waals surface area contributed by atoms with Crippen LogP contribution in [0.2, 0.25) is 0 Å². The molecule has 0 bridgehead atoms. The summed E-state index contributed by atoms with van der Waals surface area (Å²) in [6.07, 6.45) is 0. The Balaban J connectivity index is 2.29. The fourth-order valence-electron chi connectivity index (χ4n) is 1.66. The van der Waals surface area contributed by atoms with Crippen LogP contribution in [-0.4, -0.2) is 26.3 Å². The van der Waals surface area contributed by atoms with E-state index in [9.17, 15) is 5.11 Å². The Labute approximate surface area is 82.9 Å². The van der Waals surface area contributed by atoms with Gasteiger partial charge in [-0.1, -0.05) is 6.07 Å². The summed E-state index contributed by atoms with van der Waals surface area (Å²) < 4.78 is 5.22. The number of morpholine rings is 1. The first-order valence-electron chi connectivity index (χ1n) is 4.67. The highest BCUT2D eigenvalue weighted by atomic mass is 16.5. The van der Waals surface area contributed by atoms with E-state index in [2.05, 4.69) is 0 Å². The first kappa shape index (κ1) is 9.15. The van der Waals surface area contributed by atoms with Gasteiger partial charge < -0.3 is 15.4 Å². The third-order valence-corrected chi connectivity index (χ3v) is 2.36. The molecule has 1 aromatic rings. The molecule has 4 nitrogen and oxygen atoms in total. The van der Waals surface area contributed by atoms with Crippen molar-refractivity contribution in [2.75, 3.05) is 36.9 Å². The van der Waals surface area contributed by atoms with E-state index >= 15 is 0 Å². The second-order valence-corrected chi connectivity index (χ2v) is 3.29. The highest BCUT2D eigenvalue weighted by molar-refractivity contribution is 5.74. The molecule has 1 aliphatic rings. The van der Waals surface area contributed by atoms with Crippen LogP contribution >= 0.6 is 0 Å². The van der Waals surface area contributed by atoms with E-state index in [0.29, 0.717) is 24.6 Å². The van der Waals surface area contributed by atoms with Gasteiger partial charge in [0.05, 0.1) is 18.9 Å². The molecule has 0 aromatic heterocycles. The average molecular weight is 193 g/mol. The number of anilines is 2. The first-order valence-corrected chi connectivity index (χ1v) is 4.67. The molecule has 1 saturated heterocycles. The number of nitrogens with zero attached hydrogens (tertiary/aromatic N) is 1. The maximum absolute atomic E-state index is 11.6. The lowest BCUT2D eigenvalue weighted by atomic mass is 10.2. The molecule has 2 rings (SSSR count). The predicted molar refractivity (Wildman–Crippen MR) is 54.0 cm³/mol. The Hall–Kier alpha value is -1.42. The van der Waals surface area contributed by atoms with Gasteiger partial charge in [-0.25, -0.2) is 0 Å². The summed E-state index contributed by atoms with van der Waals surface area (Å²) >= 11 is 0.